The average molecular weight is 253 g/mol. The number of carbonyl (C=O) groups is 2. The fourth-order valence-electron chi connectivity index (χ4n) is 1.90. The first-order valence-corrected chi connectivity index (χ1v) is 5.75. The number of aromatic nitrogens is 2. The van der Waals surface area contributed by atoms with Crippen LogP contribution < -0.4 is 5.32 Å². The van der Waals surface area contributed by atoms with Crippen LogP contribution in [0.5, 0.6) is 0 Å². The lowest BCUT2D eigenvalue weighted by Crippen LogP contribution is -2.36. The number of aliphatic carboxylic acids is 1. The summed E-state index contributed by atoms with van der Waals surface area (Å²) in [6.07, 6.45) is 2.57. The molecule has 1 amide bonds. The highest BCUT2D eigenvalue weighted by atomic mass is 16.5. The molecule has 1 saturated heterocycles. The van der Waals surface area contributed by atoms with Crippen LogP contribution in [-0.2, 0) is 14.3 Å². The molecule has 2 rings (SSSR count). The first-order valence-electron chi connectivity index (χ1n) is 5.75. The topological polar surface area (TPSA) is 104 Å². The molecule has 98 valence electrons. The molecule has 1 aromatic heterocycles. The molecule has 7 nitrogen and oxygen atoms in total. The minimum atomic E-state index is -1.02. The zero-order chi connectivity index (χ0) is 13.1. The Balaban J connectivity index is 1.87. The number of carboxylic acids is 1. The monoisotopic (exact) mass is 253 g/mol. The lowest BCUT2D eigenvalue weighted by Gasteiger charge is -2.16. The van der Waals surface area contributed by atoms with Crippen LogP contribution >= 0.6 is 0 Å². The third-order valence-electron chi connectivity index (χ3n) is 2.97. The molecule has 0 bridgehead atoms. The Morgan fingerprint density at radius 1 is 1.56 bits per heavy atom. The smallest absolute Gasteiger partial charge is 0.332 e. The van der Waals surface area contributed by atoms with Crippen molar-refractivity contribution in [1.82, 2.24) is 15.5 Å². The van der Waals surface area contributed by atoms with Gasteiger partial charge in [-0.3, -0.25) is 9.89 Å². The summed E-state index contributed by atoms with van der Waals surface area (Å²) in [5.41, 5.74) is 0.858. The van der Waals surface area contributed by atoms with Crippen LogP contribution in [-0.4, -0.2) is 39.4 Å². The van der Waals surface area contributed by atoms with Crippen molar-refractivity contribution in [3.63, 3.8) is 0 Å². The molecule has 2 heterocycles. The number of hydrogen-bond acceptors (Lipinski definition) is 4. The van der Waals surface area contributed by atoms with E-state index >= 15 is 0 Å². The molecule has 1 aliphatic rings. The van der Waals surface area contributed by atoms with Crippen molar-refractivity contribution >= 4 is 11.9 Å². The van der Waals surface area contributed by atoms with Gasteiger partial charge in [0.2, 0.25) is 5.91 Å². The van der Waals surface area contributed by atoms with Gasteiger partial charge in [0.15, 0.2) is 6.10 Å². The number of amides is 1. The number of rotatable bonds is 4. The third kappa shape index (κ3) is 2.67. The van der Waals surface area contributed by atoms with Gasteiger partial charge in [-0.25, -0.2) is 4.79 Å². The van der Waals surface area contributed by atoms with E-state index in [1.165, 1.54) is 0 Å². The third-order valence-corrected chi connectivity index (χ3v) is 2.97. The second kappa shape index (κ2) is 5.18. The highest BCUT2D eigenvalue weighted by Gasteiger charge is 2.35. The molecule has 0 aromatic carbocycles. The summed E-state index contributed by atoms with van der Waals surface area (Å²) in [6.45, 7) is 1.83. The number of nitrogens with zero attached hydrogens (tertiary/aromatic N) is 1. The Morgan fingerprint density at radius 3 is 2.83 bits per heavy atom. The van der Waals surface area contributed by atoms with Crippen molar-refractivity contribution in [2.45, 2.75) is 38.0 Å². The van der Waals surface area contributed by atoms with Gasteiger partial charge in [0.1, 0.15) is 6.10 Å². The van der Waals surface area contributed by atoms with E-state index < -0.39 is 18.2 Å². The van der Waals surface area contributed by atoms with Crippen LogP contribution in [0.3, 0.4) is 0 Å². The molecule has 7 heteroatoms. The molecule has 0 spiro atoms. The number of nitrogens with one attached hydrogen (secondary N) is 2. The van der Waals surface area contributed by atoms with Gasteiger partial charge in [-0.05, 0) is 19.8 Å². The van der Waals surface area contributed by atoms with Crippen LogP contribution in [0.1, 0.15) is 31.4 Å². The molecule has 0 aliphatic carbocycles. The lowest BCUT2D eigenvalue weighted by molar-refractivity contribution is -0.151. The van der Waals surface area contributed by atoms with E-state index in [9.17, 15) is 9.59 Å². The Bertz CT molecular complexity index is 432. The minimum absolute atomic E-state index is 0.191. The Labute approximate surface area is 104 Å². The number of carbonyl (C=O) groups excluding carboxylic acids is 1. The minimum Gasteiger partial charge on any atom is -0.479 e. The summed E-state index contributed by atoms with van der Waals surface area (Å²) in [5.74, 6) is -1.30. The molecule has 1 aromatic rings. The van der Waals surface area contributed by atoms with E-state index in [1.54, 1.807) is 12.4 Å². The summed E-state index contributed by atoms with van der Waals surface area (Å²) in [6, 6.07) is -0.191. The van der Waals surface area contributed by atoms with E-state index in [-0.39, 0.29) is 11.9 Å². The summed E-state index contributed by atoms with van der Waals surface area (Å²) < 4.78 is 5.17. The Kier molecular flexibility index (Phi) is 3.61. The van der Waals surface area contributed by atoms with Crippen LogP contribution in [0, 0.1) is 0 Å². The zero-order valence-electron chi connectivity index (χ0n) is 9.92. The maximum atomic E-state index is 11.9. The van der Waals surface area contributed by atoms with Gasteiger partial charge >= 0.3 is 5.97 Å². The number of carboxylic acid groups (broad SMARTS) is 1. The van der Waals surface area contributed by atoms with Gasteiger partial charge in [-0.15, -0.1) is 0 Å². The standard InChI is InChI=1S/C11H15N3O4/c1-6(7-4-12-13-5-7)14-10(15)8-2-3-9(18-8)11(16)17/h4-6,8-9H,2-3H2,1H3,(H,12,13)(H,14,15)(H,16,17). The van der Waals surface area contributed by atoms with Gasteiger partial charge in [0.05, 0.1) is 12.2 Å². The van der Waals surface area contributed by atoms with Crippen LogP contribution in [0.2, 0.25) is 0 Å². The first-order chi connectivity index (χ1) is 8.58. The summed E-state index contributed by atoms with van der Waals surface area (Å²) in [5, 5.41) is 18.0. The summed E-state index contributed by atoms with van der Waals surface area (Å²) in [7, 11) is 0. The number of hydrogen-bond donors (Lipinski definition) is 3. The molecular formula is C11H15N3O4. The van der Waals surface area contributed by atoms with E-state index in [2.05, 4.69) is 15.5 Å². The quantitative estimate of drug-likeness (QED) is 0.712. The zero-order valence-corrected chi connectivity index (χ0v) is 9.92. The van der Waals surface area contributed by atoms with Crippen molar-refractivity contribution in [3.05, 3.63) is 18.0 Å². The summed E-state index contributed by atoms with van der Waals surface area (Å²) in [4.78, 5) is 22.6. The number of H-pyrrole nitrogens is 1. The largest absolute Gasteiger partial charge is 0.479 e. The van der Waals surface area contributed by atoms with Gasteiger partial charge in [-0.1, -0.05) is 0 Å². The fraction of sp³-hybridized carbons (Fsp3) is 0.545. The molecule has 3 unspecified atom stereocenters. The number of aromatic amines is 1. The second-order valence-electron chi connectivity index (χ2n) is 4.29. The van der Waals surface area contributed by atoms with E-state index in [1.807, 2.05) is 6.92 Å². The Morgan fingerprint density at radius 2 is 2.28 bits per heavy atom. The first kappa shape index (κ1) is 12.6. The predicted octanol–water partition coefficient (Wildman–Crippen LogP) is 0.219. The van der Waals surface area contributed by atoms with Gasteiger partial charge in [-0.2, -0.15) is 5.10 Å². The van der Waals surface area contributed by atoms with Crippen molar-refractivity contribution < 1.29 is 19.4 Å². The van der Waals surface area contributed by atoms with Crippen molar-refractivity contribution in [3.8, 4) is 0 Å². The summed E-state index contributed by atoms with van der Waals surface area (Å²) >= 11 is 0. The molecule has 3 N–H and O–H groups in total. The lowest BCUT2D eigenvalue weighted by atomic mass is 10.1. The van der Waals surface area contributed by atoms with E-state index in [0.717, 1.165) is 5.56 Å². The Hall–Kier alpha value is -1.89. The predicted molar refractivity (Wildman–Crippen MR) is 60.7 cm³/mol. The maximum absolute atomic E-state index is 11.9. The fourth-order valence-corrected chi connectivity index (χ4v) is 1.90. The van der Waals surface area contributed by atoms with Crippen LogP contribution in [0.4, 0.5) is 0 Å². The normalized spacial score (nSPS) is 24.7. The van der Waals surface area contributed by atoms with E-state index in [0.29, 0.717) is 12.8 Å². The van der Waals surface area contributed by atoms with Crippen molar-refractivity contribution in [1.29, 1.82) is 0 Å². The molecule has 1 fully saturated rings. The molecule has 0 radical (unpaired) electrons. The van der Waals surface area contributed by atoms with Crippen molar-refractivity contribution in [2.75, 3.05) is 0 Å². The molecule has 3 atom stereocenters. The van der Waals surface area contributed by atoms with Gasteiger partial charge < -0.3 is 15.2 Å². The van der Waals surface area contributed by atoms with Crippen molar-refractivity contribution in [2.24, 2.45) is 0 Å². The maximum Gasteiger partial charge on any atom is 0.332 e. The SMILES string of the molecule is CC(NC(=O)C1CCC(C(=O)O)O1)c1cn[nH]c1. The van der Waals surface area contributed by atoms with Gasteiger partial charge in [0, 0.05) is 11.8 Å². The molecule has 1 aliphatic heterocycles. The van der Waals surface area contributed by atoms with Crippen LogP contribution in [0.15, 0.2) is 12.4 Å². The van der Waals surface area contributed by atoms with Crippen LogP contribution in [0.25, 0.3) is 0 Å². The highest BCUT2D eigenvalue weighted by molar-refractivity contribution is 5.82. The average Bonchev–Trinajstić information content (AvgIpc) is 3.00. The molecule has 18 heavy (non-hydrogen) atoms. The van der Waals surface area contributed by atoms with E-state index in [4.69, 9.17) is 9.84 Å². The van der Waals surface area contributed by atoms with Gasteiger partial charge in [0.25, 0.3) is 0 Å². The highest BCUT2D eigenvalue weighted by Crippen LogP contribution is 2.21. The number of ether oxygens (including phenoxy) is 1. The molecular weight excluding hydrogens is 238 g/mol. The second-order valence-corrected chi connectivity index (χ2v) is 4.29. The molecule has 0 saturated carbocycles.